The van der Waals surface area contributed by atoms with Crippen LogP contribution in [0.2, 0.25) is 0 Å². The van der Waals surface area contributed by atoms with Crippen molar-refractivity contribution in [1.82, 2.24) is 0 Å². The predicted octanol–water partition coefficient (Wildman–Crippen LogP) is 8.96. The molecule has 12 rings (SSSR count). The molecule has 0 aromatic heterocycles. The molecule has 0 spiro atoms. The molecule has 0 unspecified atom stereocenters. The normalized spacial score (nSPS) is 16.0. The highest BCUT2D eigenvalue weighted by Crippen LogP contribution is 2.60. The number of rotatable bonds is 0. The number of benzene rings is 6. The van der Waals surface area contributed by atoms with Gasteiger partial charge in [0.05, 0.1) is 0 Å². The monoisotopic (exact) mass is 672 g/mol. The van der Waals surface area contributed by atoms with Gasteiger partial charge in [-0.25, -0.2) is 0 Å². The van der Waals surface area contributed by atoms with Gasteiger partial charge in [-0.15, -0.1) is 0 Å². The molecule has 0 atom stereocenters. The largest absolute Gasteiger partial charge is 0.456 e. The standard InChI is InChI=1S/2C18H9OPS2/c2*1-4-10-16-12(6-1)21-14-8-3-9-15-18(14)20(16)17-11(19-10)5-2-7-13(17)22-15/h2*1-9H. The van der Waals surface area contributed by atoms with Gasteiger partial charge in [0.15, 0.2) is 0 Å². The Labute approximate surface area is 273 Å². The summed E-state index contributed by atoms with van der Waals surface area (Å²) in [5.41, 5.74) is 0. The minimum absolute atomic E-state index is 0.470. The summed E-state index contributed by atoms with van der Waals surface area (Å²) in [4.78, 5) is 11.1. The molecule has 6 aliphatic heterocycles. The fraction of sp³-hybridized carbons (Fsp3) is 0. The zero-order chi connectivity index (χ0) is 28.5. The van der Waals surface area contributed by atoms with Gasteiger partial charge in [0.1, 0.15) is 23.0 Å². The van der Waals surface area contributed by atoms with Gasteiger partial charge >= 0.3 is 0 Å². The van der Waals surface area contributed by atoms with Gasteiger partial charge in [0.2, 0.25) is 0 Å². The molecule has 0 radical (unpaired) electrons. The van der Waals surface area contributed by atoms with E-state index < -0.39 is 15.8 Å². The number of hydrogen-bond acceptors (Lipinski definition) is 6. The maximum Gasteiger partial charge on any atom is 0.136 e. The van der Waals surface area contributed by atoms with Gasteiger partial charge in [0, 0.05) is 71.0 Å². The second-order valence-electron chi connectivity index (χ2n) is 10.9. The first kappa shape index (κ1) is 25.4. The molecule has 0 saturated heterocycles. The zero-order valence-corrected chi connectivity index (χ0v) is 27.8. The van der Waals surface area contributed by atoms with Crippen LogP contribution in [0, 0.1) is 0 Å². The van der Waals surface area contributed by atoms with Gasteiger partial charge in [-0.1, -0.05) is 83.4 Å². The Morgan fingerprint density at radius 1 is 0.295 bits per heavy atom. The number of ether oxygens (including phenoxy) is 2. The van der Waals surface area contributed by atoms with E-state index in [0.29, 0.717) is 0 Å². The Morgan fingerprint density at radius 2 is 0.523 bits per heavy atom. The van der Waals surface area contributed by atoms with Gasteiger partial charge in [-0.05, 0) is 88.6 Å². The minimum atomic E-state index is -0.470. The summed E-state index contributed by atoms with van der Waals surface area (Å²) in [6, 6.07) is 39.3. The molecule has 0 fully saturated rings. The highest BCUT2D eigenvalue weighted by Gasteiger charge is 2.42. The average Bonchev–Trinajstić information content (AvgIpc) is 3.05. The van der Waals surface area contributed by atoms with Crippen LogP contribution >= 0.6 is 62.9 Å². The van der Waals surface area contributed by atoms with E-state index in [0.717, 1.165) is 23.0 Å². The first-order valence-electron chi connectivity index (χ1n) is 14.3. The molecule has 6 aliphatic rings. The van der Waals surface area contributed by atoms with E-state index in [2.05, 4.69) is 109 Å². The van der Waals surface area contributed by atoms with Crippen molar-refractivity contribution in [1.29, 1.82) is 0 Å². The molecule has 208 valence electrons. The van der Waals surface area contributed by atoms with Gasteiger partial charge in [-0.3, -0.25) is 0 Å². The van der Waals surface area contributed by atoms with E-state index in [-0.39, 0.29) is 0 Å². The topological polar surface area (TPSA) is 18.5 Å². The van der Waals surface area contributed by atoms with E-state index >= 15 is 0 Å². The van der Waals surface area contributed by atoms with Crippen molar-refractivity contribution in [2.75, 3.05) is 0 Å². The Kier molecular flexibility index (Phi) is 5.40. The van der Waals surface area contributed by atoms with Crippen molar-refractivity contribution in [3.8, 4) is 23.0 Å². The first-order chi connectivity index (χ1) is 21.8. The maximum absolute atomic E-state index is 6.24. The Bertz CT molecular complexity index is 1750. The van der Waals surface area contributed by atoms with Crippen LogP contribution in [0.1, 0.15) is 0 Å². The second kappa shape index (κ2) is 9.36. The molecule has 2 nitrogen and oxygen atoms in total. The zero-order valence-electron chi connectivity index (χ0n) is 22.7. The summed E-state index contributed by atoms with van der Waals surface area (Å²) < 4.78 is 12.5. The lowest BCUT2D eigenvalue weighted by atomic mass is 10.3. The van der Waals surface area contributed by atoms with Crippen molar-refractivity contribution in [2.24, 2.45) is 0 Å². The van der Waals surface area contributed by atoms with E-state index in [1.165, 1.54) is 71.0 Å². The predicted molar refractivity (Wildman–Crippen MR) is 187 cm³/mol. The summed E-state index contributed by atoms with van der Waals surface area (Å²) in [7, 11) is -0.941. The summed E-state index contributed by atoms with van der Waals surface area (Å²) >= 11 is 7.56. The maximum atomic E-state index is 6.24. The molecule has 44 heavy (non-hydrogen) atoms. The highest BCUT2D eigenvalue weighted by atomic mass is 32.2. The average molecular weight is 673 g/mol. The van der Waals surface area contributed by atoms with E-state index in [4.69, 9.17) is 9.47 Å². The van der Waals surface area contributed by atoms with Crippen LogP contribution in [-0.2, 0) is 0 Å². The lowest BCUT2D eigenvalue weighted by Crippen LogP contribution is -2.35. The molecule has 6 aromatic carbocycles. The molecular formula is C36H18O2P2S4. The molecule has 0 bridgehead atoms. The lowest BCUT2D eigenvalue weighted by Gasteiger charge is -2.39. The van der Waals surface area contributed by atoms with E-state index in [1.54, 1.807) is 0 Å². The van der Waals surface area contributed by atoms with Crippen molar-refractivity contribution in [2.45, 2.75) is 39.2 Å². The minimum Gasteiger partial charge on any atom is -0.456 e. The van der Waals surface area contributed by atoms with Crippen molar-refractivity contribution in [3.63, 3.8) is 0 Å². The first-order valence-corrected chi connectivity index (χ1v) is 20.2. The third-order valence-electron chi connectivity index (χ3n) is 8.43. The molecular weight excluding hydrogens is 655 g/mol. The van der Waals surface area contributed by atoms with Crippen LogP contribution in [0.25, 0.3) is 0 Å². The Morgan fingerprint density at radius 3 is 0.795 bits per heavy atom. The molecule has 6 heterocycles. The van der Waals surface area contributed by atoms with E-state index in [1.807, 2.05) is 47.0 Å². The molecule has 0 N–H and O–H groups in total. The summed E-state index contributed by atoms with van der Waals surface area (Å²) in [5.74, 6) is 4.20. The quantitative estimate of drug-likeness (QED) is 0.149. The van der Waals surface area contributed by atoms with Crippen LogP contribution in [-0.4, -0.2) is 0 Å². The van der Waals surface area contributed by atoms with Crippen LogP contribution in [0.3, 0.4) is 0 Å². The molecule has 0 aliphatic carbocycles. The van der Waals surface area contributed by atoms with Crippen LogP contribution < -0.4 is 41.3 Å². The molecule has 0 amide bonds. The van der Waals surface area contributed by atoms with Crippen LogP contribution in [0.4, 0.5) is 0 Å². The SMILES string of the molecule is c1cc2c3c(c1)Sc1cccc4c1P3c1c(cccc1S4)O2.c1cc2c3c(c1)Sc1cccc4c1P3c1c(cccc1S4)O2. The fourth-order valence-corrected chi connectivity index (χ4v) is 18.9. The van der Waals surface area contributed by atoms with E-state index in [9.17, 15) is 0 Å². The second-order valence-corrected chi connectivity index (χ2v) is 19.3. The van der Waals surface area contributed by atoms with Gasteiger partial charge in [-0.2, -0.15) is 0 Å². The van der Waals surface area contributed by atoms with Crippen molar-refractivity contribution >= 4 is 94.7 Å². The van der Waals surface area contributed by atoms with Crippen molar-refractivity contribution in [3.05, 3.63) is 109 Å². The number of hydrogen-bond donors (Lipinski definition) is 0. The highest BCUT2D eigenvalue weighted by molar-refractivity contribution is 8.05. The van der Waals surface area contributed by atoms with Crippen LogP contribution in [0.15, 0.2) is 148 Å². The summed E-state index contributed by atoms with van der Waals surface area (Å²) in [5, 5.41) is 8.75. The molecule has 0 saturated carbocycles. The third-order valence-corrected chi connectivity index (χ3v) is 19.6. The van der Waals surface area contributed by atoms with Crippen molar-refractivity contribution < 1.29 is 9.47 Å². The molecule has 8 heteroatoms. The summed E-state index contributed by atoms with van der Waals surface area (Å²) in [6.07, 6.45) is 0. The van der Waals surface area contributed by atoms with Crippen LogP contribution in [0.5, 0.6) is 23.0 Å². The molecule has 6 aromatic rings. The Balaban J connectivity index is 0.000000110. The van der Waals surface area contributed by atoms with Gasteiger partial charge in [0.25, 0.3) is 0 Å². The third kappa shape index (κ3) is 3.42. The Hall–Kier alpha value is -2.82. The smallest absolute Gasteiger partial charge is 0.136 e. The lowest BCUT2D eigenvalue weighted by molar-refractivity contribution is 0.486. The fourth-order valence-electron chi connectivity index (χ4n) is 6.71. The van der Waals surface area contributed by atoms with Gasteiger partial charge < -0.3 is 9.47 Å². The summed E-state index contributed by atoms with van der Waals surface area (Å²) in [6.45, 7) is 0.